The Morgan fingerprint density at radius 3 is 2.55 bits per heavy atom. The minimum atomic E-state index is -0.579. The highest BCUT2D eigenvalue weighted by atomic mass is 19.1. The number of carbonyl (C=O) groups excluding carboxylic acids is 1. The van der Waals surface area contributed by atoms with Crippen molar-refractivity contribution in [2.75, 3.05) is 0 Å². The first-order valence-electron chi connectivity index (χ1n) is 10.3. The minimum Gasteiger partial charge on any atom is -0.470 e. The molecule has 160 valence electrons. The first-order valence-corrected chi connectivity index (χ1v) is 10.3. The molecule has 0 spiro atoms. The van der Waals surface area contributed by atoms with Gasteiger partial charge in [0, 0.05) is 31.5 Å². The van der Waals surface area contributed by atoms with E-state index in [4.69, 9.17) is 10.5 Å². The second kappa shape index (κ2) is 9.27. The summed E-state index contributed by atoms with van der Waals surface area (Å²) in [7, 11) is 0. The highest BCUT2D eigenvalue weighted by Crippen LogP contribution is 2.27. The van der Waals surface area contributed by atoms with Crippen molar-refractivity contribution in [1.29, 1.82) is 0 Å². The molecule has 1 aliphatic rings. The summed E-state index contributed by atoms with van der Waals surface area (Å²) < 4.78 is 33.6. The average molecular weight is 422 g/mol. The predicted octanol–water partition coefficient (Wildman–Crippen LogP) is 4.21. The Balaban J connectivity index is 1.51. The Morgan fingerprint density at radius 1 is 1.03 bits per heavy atom. The van der Waals surface area contributed by atoms with Crippen molar-refractivity contribution in [3.63, 3.8) is 0 Å². The fraction of sp³-hybridized carbons (Fsp3) is 0.240. The number of amides is 1. The van der Waals surface area contributed by atoms with E-state index < -0.39 is 18.1 Å². The van der Waals surface area contributed by atoms with Gasteiger partial charge in [-0.2, -0.15) is 0 Å². The molecular formula is C25H24F2N2O2. The summed E-state index contributed by atoms with van der Waals surface area (Å²) in [5.41, 5.74) is 8.80. The topological polar surface area (TPSA) is 55.6 Å². The summed E-state index contributed by atoms with van der Waals surface area (Å²) in [4.78, 5) is 14.8. The van der Waals surface area contributed by atoms with Crippen LogP contribution >= 0.6 is 0 Å². The Kier molecular flexibility index (Phi) is 6.28. The number of hydrogen-bond acceptors (Lipinski definition) is 3. The molecule has 6 heteroatoms. The third-order valence-corrected chi connectivity index (χ3v) is 5.47. The molecule has 0 aromatic heterocycles. The maximum Gasteiger partial charge on any atom is 0.227 e. The van der Waals surface area contributed by atoms with Crippen LogP contribution in [-0.2, 0) is 24.2 Å². The van der Waals surface area contributed by atoms with Crippen molar-refractivity contribution in [3.8, 4) is 5.75 Å². The lowest BCUT2D eigenvalue weighted by molar-refractivity contribution is -0.141. The van der Waals surface area contributed by atoms with Crippen molar-refractivity contribution >= 4 is 5.91 Å². The zero-order chi connectivity index (χ0) is 21.8. The van der Waals surface area contributed by atoms with E-state index in [0.717, 1.165) is 11.1 Å². The molecule has 0 bridgehead atoms. The first-order chi connectivity index (χ1) is 15.0. The highest BCUT2D eigenvalue weighted by molar-refractivity contribution is 5.77. The molecule has 4 nitrogen and oxygen atoms in total. The van der Waals surface area contributed by atoms with Gasteiger partial charge in [0.2, 0.25) is 5.91 Å². The summed E-state index contributed by atoms with van der Waals surface area (Å²) >= 11 is 0. The van der Waals surface area contributed by atoms with E-state index in [9.17, 15) is 13.6 Å². The maximum atomic E-state index is 13.9. The molecule has 1 heterocycles. The predicted molar refractivity (Wildman–Crippen MR) is 114 cm³/mol. The van der Waals surface area contributed by atoms with Gasteiger partial charge in [-0.25, -0.2) is 8.78 Å². The second-order valence-electron chi connectivity index (χ2n) is 7.78. The molecule has 2 atom stereocenters. The van der Waals surface area contributed by atoms with Gasteiger partial charge in [0.1, 0.15) is 17.4 Å². The van der Waals surface area contributed by atoms with Gasteiger partial charge in [-0.15, -0.1) is 0 Å². The molecule has 1 amide bonds. The van der Waals surface area contributed by atoms with Gasteiger partial charge in [0.25, 0.3) is 0 Å². The van der Waals surface area contributed by atoms with Crippen LogP contribution in [0.25, 0.3) is 0 Å². The number of ether oxygens (including phenoxy) is 1. The molecule has 31 heavy (non-hydrogen) atoms. The molecule has 0 saturated heterocycles. The van der Waals surface area contributed by atoms with Crippen LogP contribution in [-0.4, -0.2) is 23.1 Å². The molecule has 1 aliphatic heterocycles. The number of rotatable bonds is 6. The third kappa shape index (κ3) is 5.09. The smallest absolute Gasteiger partial charge is 0.227 e. The Bertz CT molecular complexity index is 1070. The molecule has 0 saturated carbocycles. The molecule has 3 aromatic rings. The Hall–Kier alpha value is -3.25. The van der Waals surface area contributed by atoms with Crippen molar-refractivity contribution in [2.24, 2.45) is 5.73 Å². The minimum absolute atomic E-state index is 0.0551. The van der Waals surface area contributed by atoms with Crippen LogP contribution in [0.4, 0.5) is 8.78 Å². The molecule has 0 fully saturated rings. The first kappa shape index (κ1) is 21.0. The van der Waals surface area contributed by atoms with E-state index in [1.54, 1.807) is 35.2 Å². The van der Waals surface area contributed by atoms with E-state index in [-0.39, 0.29) is 24.6 Å². The lowest BCUT2D eigenvalue weighted by Crippen LogP contribution is -2.49. The van der Waals surface area contributed by atoms with Crippen LogP contribution in [0.2, 0.25) is 0 Å². The monoisotopic (exact) mass is 422 g/mol. The maximum absolute atomic E-state index is 13.9. The van der Waals surface area contributed by atoms with E-state index in [2.05, 4.69) is 0 Å². The standard InChI is InChI=1S/C25H24F2N2O2/c26-20-9-5-10-22(14-20)31-25-13-17-6-1-2-8-19(17)16-29(25)24(30)15-21(28)12-18-7-3-4-11-23(18)27/h1-11,14,21,25H,12-13,15-16,28H2/t21-,25+/m1/s1. The SMILES string of the molecule is N[C@@H](CC(=O)N1Cc2ccccc2C[C@@H]1Oc1cccc(F)c1)Cc1ccccc1F. The van der Waals surface area contributed by atoms with Crippen molar-refractivity contribution < 1.29 is 18.3 Å². The molecular weight excluding hydrogens is 398 g/mol. The van der Waals surface area contributed by atoms with Crippen LogP contribution in [0.15, 0.2) is 72.8 Å². The number of nitrogens with zero attached hydrogens (tertiary/aromatic N) is 1. The number of hydrogen-bond donors (Lipinski definition) is 1. The van der Waals surface area contributed by atoms with Crippen LogP contribution in [0.1, 0.15) is 23.1 Å². The Morgan fingerprint density at radius 2 is 1.77 bits per heavy atom. The Labute approximate surface area is 180 Å². The molecule has 3 aromatic carbocycles. The van der Waals surface area contributed by atoms with E-state index in [0.29, 0.717) is 24.3 Å². The van der Waals surface area contributed by atoms with Crippen LogP contribution in [0, 0.1) is 11.6 Å². The van der Waals surface area contributed by atoms with Crippen LogP contribution in [0.5, 0.6) is 5.75 Å². The number of benzene rings is 3. The average Bonchev–Trinajstić information content (AvgIpc) is 2.75. The van der Waals surface area contributed by atoms with Gasteiger partial charge in [-0.05, 0) is 41.3 Å². The molecule has 0 radical (unpaired) electrons. The van der Waals surface area contributed by atoms with Gasteiger partial charge in [-0.3, -0.25) is 4.79 Å². The number of carbonyl (C=O) groups is 1. The summed E-state index contributed by atoms with van der Waals surface area (Å²) in [5.74, 6) is -0.555. The van der Waals surface area contributed by atoms with Crippen molar-refractivity contribution in [2.45, 2.75) is 38.1 Å². The van der Waals surface area contributed by atoms with Gasteiger partial charge in [-0.1, -0.05) is 48.5 Å². The van der Waals surface area contributed by atoms with Gasteiger partial charge >= 0.3 is 0 Å². The van der Waals surface area contributed by atoms with Gasteiger partial charge < -0.3 is 15.4 Å². The zero-order valence-corrected chi connectivity index (χ0v) is 17.0. The molecule has 4 rings (SSSR count). The third-order valence-electron chi connectivity index (χ3n) is 5.47. The van der Waals surface area contributed by atoms with Crippen LogP contribution < -0.4 is 10.5 Å². The highest BCUT2D eigenvalue weighted by Gasteiger charge is 2.32. The van der Waals surface area contributed by atoms with E-state index >= 15 is 0 Å². The van der Waals surface area contributed by atoms with Crippen molar-refractivity contribution in [1.82, 2.24) is 4.90 Å². The second-order valence-corrected chi connectivity index (χ2v) is 7.78. The number of nitrogens with two attached hydrogens (primary N) is 1. The lowest BCUT2D eigenvalue weighted by atomic mass is 9.97. The van der Waals surface area contributed by atoms with Crippen molar-refractivity contribution in [3.05, 3.63) is 101 Å². The van der Waals surface area contributed by atoms with Gasteiger partial charge in [0.05, 0.1) is 0 Å². The summed E-state index contributed by atoms with van der Waals surface area (Å²) in [6, 6.07) is 19.6. The quantitative estimate of drug-likeness (QED) is 0.647. The van der Waals surface area contributed by atoms with E-state index in [1.165, 1.54) is 18.2 Å². The lowest BCUT2D eigenvalue weighted by Gasteiger charge is -2.37. The van der Waals surface area contributed by atoms with Gasteiger partial charge in [0.15, 0.2) is 6.23 Å². The molecule has 0 unspecified atom stereocenters. The summed E-state index contributed by atoms with van der Waals surface area (Å²) in [6.07, 6.45) is 0.225. The molecule has 0 aliphatic carbocycles. The van der Waals surface area contributed by atoms with E-state index in [1.807, 2.05) is 24.3 Å². The fourth-order valence-electron chi connectivity index (χ4n) is 3.91. The largest absolute Gasteiger partial charge is 0.470 e. The molecule has 2 N–H and O–H groups in total. The summed E-state index contributed by atoms with van der Waals surface area (Å²) in [6.45, 7) is 0.376. The zero-order valence-electron chi connectivity index (χ0n) is 17.0. The summed E-state index contributed by atoms with van der Waals surface area (Å²) in [5, 5.41) is 0. The normalized spacial score (nSPS) is 16.5. The van der Waals surface area contributed by atoms with Crippen LogP contribution in [0.3, 0.4) is 0 Å². The fourth-order valence-corrected chi connectivity index (χ4v) is 3.91. The number of fused-ring (bicyclic) bond motifs is 1. The number of halogens is 2.